The van der Waals surface area contributed by atoms with Gasteiger partial charge in [0.25, 0.3) is 0 Å². The van der Waals surface area contributed by atoms with Gasteiger partial charge in [-0.3, -0.25) is 0 Å². The molecule has 1 heterocycles. The van der Waals surface area contributed by atoms with Crippen molar-refractivity contribution in [2.75, 3.05) is 6.61 Å². The molecule has 4 rings (SSSR count). The van der Waals surface area contributed by atoms with Gasteiger partial charge in [0.15, 0.2) is 21.7 Å². The zero-order chi connectivity index (χ0) is 26.6. The molecular weight excluding hydrogens is 497 g/mol. The third-order valence-electron chi connectivity index (χ3n) is 4.86. The summed E-state index contributed by atoms with van der Waals surface area (Å²) in [5.74, 6) is 0.567. The van der Waals surface area contributed by atoms with Crippen molar-refractivity contribution in [1.29, 1.82) is 0 Å². The van der Waals surface area contributed by atoms with Gasteiger partial charge in [0, 0.05) is 36.2 Å². The molecule has 0 atom stereocenters. The number of hydrogen-bond donors (Lipinski definition) is 1. The smallest absolute Gasteiger partial charge is 0.485 e. The lowest BCUT2D eigenvalue weighted by molar-refractivity contribution is -0.852. The van der Waals surface area contributed by atoms with Crippen LogP contribution in [0.5, 0.6) is 11.5 Å². The fraction of sp³-hybridized carbons (Fsp3) is 0.348. The topological polar surface area (TPSA) is 90.5 Å². The Balaban J connectivity index is 0.000000206. The number of aromatic nitrogens is 1. The highest BCUT2D eigenvalue weighted by molar-refractivity contribution is 7.86. The third-order valence-corrected chi connectivity index (χ3v) is 5.43. The van der Waals surface area contributed by atoms with Crippen molar-refractivity contribution in [3.8, 4) is 11.5 Å². The summed E-state index contributed by atoms with van der Waals surface area (Å²) < 4.78 is 90.9. The first kappa shape index (κ1) is 28.2. The number of rotatable bonds is 3. The quantitative estimate of drug-likeness (QED) is 0.292. The van der Waals surface area contributed by atoms with Crippen LogP contribution in [-0.4, -0.2) is 30.2 Å². The maximum absolute atomic E-state index is 13.6. The zero-order valence-corrected chi connectivity index (χ0v) is 19.9. The molecular formula is C23H24F5NO5S. The molecule has 1 N–H and O–H groups in total. The Hall–Kier alpha value is -2.99. The van der Waals surface area contributed by atoms with Gasteiger partial charge in [-0.25, -0.2) is 12.8 Å². The van der Waals surface area contributed by atoms with Crippen molar-refractivity contribution in [3.05, 3.63) is 65.2 Å². The van der Waals surface area contributed by atoms with Crippen molar-refractivity contribution >= 4 is 20.9 Å². The Kier molecular flexibility index (Phi) is 9.01. The van der Waals surface area contributed by atoms with E-state index in [1.807, 2.05) is 19.1 Å². The molecule has 6 nitrogen and oxygen atoms in total. The van der Waals surface area contributed by atoms with E-state index >= 15 is 0 Å². The number of aromatic hydroxyl groups is 1. The van der Waals surface area contributed by atoms with Crippen LogP contribution in [0.25, 0.3) is 10.8 Å². The Labute approximate surface area is 199 Å². The number of nitrogens with zero attached hydrogens (tertiary/aromatic N) is 1. The number of hydrogen-bond acceptors (Lipinski definition) is 5. The second-order valence-electron chi connectivity index (χ2n) is 8.03. The molecule has 0 spiro atoms. The van der Waals surface area contributed by atoms with Gasteiger partial charge in [0.2, 0.25) is 11.4 Å². The Bertz CT molecular complexity index is 1270. The summed E-state index contributed by atoms with van der Waals surface area (Å²) in [6.07, 6.45) is 2.49. The van der Waals surface area contributed by atoms with Crippen LogP contribution in [0.1, 0.15) is 29.8 Å². The molecule has 0 radical (unpaired) electrons. The van der Waals surface area contributed by atoms with Crippen LogP contribution in [0.4, 0.5) is 22.0 Å². The molecule has 0 aliphatic heterocycles. The first-order chi connectivity index (χ1) is 16.1. The average molecular weight is 522 g/mol. The van der Waals surface area contributed by atoms with Gasteiger partial charge >= 0.3 is 5.51 Å². The molecule has 1 saturated carbocycles. The molecule has 192 valence electrons. The van der Waals surface area contributed by atoms with Gasteiger partial charge in [-0.1, -0.05) is 6.07 Å². The standard InChI is InChI=1S/C14H13FO2.C8H11FN.CHF3O3S/c15-14-12-5-4-11(17-8-9-1-2-9)7-10(12)3-6-13(14)16;1-6-4-7(2)10(9)8(3)5-6;2-1(3,4)8(5,6)7/h3-7,9,16H,1-2,8H2;4-5H,1-3H3;(H,5,6,7)/q;+1;/p-1. The van der Waals surface area contributed by atoms with Crippen LogP contribution in [0.15, 0.2) is 42.5 Å². The highest BCUT2D eigenvalue weighted by Crippen LogP contribution is 2.31. The third kappa shape index (κ3) is 8.32. The Morgan fingerprint density at radius 2 is 1.60 bits per heavy atom. The second-order valence-corrected chi connectivity index (χ2v) is 9.40. The fourth-order valence-electron chi connectivity index (χ4n) is 2.94. The first-order valence-corrected chi connectivity index (χ1v) is 11.7. The lowest BCUT2D eigenvalue weighted by Crippen LogP contribution is -2.30. The summed E-state index contributed by atoms with van der Waals surface area (Å²) in [4.78, 5) is 0.688. The summed E-state index contributed by atoms with van der Waals surface area (Å²) in [7, 11) is -6.09. The van der Waals surface area contributed by atoms with E-state index < -0.39 is 21.4 Å². The van der Waals surface area contributed by atoms with E-state index in [2.05, 4.69) is 0 Å². The minimum absolute atomic E-state index is 0.316. The molecule has 0 saturated heterocycles. The molecule has 1 aliphatic rings. The fourth-order valence-corrected chi connectivity index (χ4v) is 2.94. The number of fused-ring (bicyclic) bond motifs is 1. The van der Waals surface area contributed by atoms with E-state index in [-0.39, 0.29) is 5.75 Å². The highest BCUT2D eigenvalue weighted by atomic mass is 32.2. The average Bonchev–Trinajstić information content (AvgIpc) is 3.57. The zero-order valence-electron chi connectivity index (χ0n) is 19.1. The van der Waals surface area contributed by atoms with Gasteiger partial charge in [0.05, 0.1) is 11.1 Å². The number of halogens is 5. The predicted molar refractivity (Wildman–Crippen MR) is 117 cm³/mol. The number of phenols is 1. The van der Waals surface area contributed by atoms with Crippen LogP contribution in [0, 0.1) is 32.5 Å². The molecule has 1 fully saturated rings. The minimum Gasteiger partial charge on any atom is -0.741 e. The molecule has 2 aromatic carbocycles. The molecule has 0 bridgehead atoms. The van der Waals surface area contributed by atoms with Crippen molar-refractivity contribution in [2.24, 2.45) is 5.92 Å². The summed E-state index contributed by atoms with van der Waals surface area (Å²) in [6, 6.07) is 11.9. The van der Waals surface area contributed by atoms with Gasteiger partial charge in [-0.05, 0) is 60.9 Å². The van der Waals surface area contributed by atoms with Crippen LogP contribution < -0.4 is 9.53 Å². The van der Waals surface area contributed by atoms with Crippen molar-refractivity contribution in [3.63, 3.8) is 0 Å². The summed E-state index contributed by atoms with van der Waals surface area (Å²) in [5, 5.41) is 10.4. The molecule has 12 heteroatoms. The molecule has 1 aliphatic carbocycles. The van der Waals surface area contributed by atoms with E-state index in [4.69, 9.17) is 17.7 Å². The van der Waals surface area contributed by atoms with E-state index in [1.165, 1.54) is 18.9 Å². The number of pyridine rings is 1. The molecule has 0 unspecified atom stereocenters. The van der Waals surface area contributed by atoms with E-state index in [0.717, 1.165) is 23.3 Å². The summed E-state index contributed by atoms with van der Waals surface area (Å²) in [5.41, 5.74) is -3.24. The lowest BCUT2D eigenvalue weighted by atomic mass is 10.1. The SMILES string of the molecule is Cc1cc(C)[n+](F)c(C)c1.O=S(=O)([O-])C(F)(F)F.Oc1ccc2cc(OCC3CC3)ccc2c1F. The summed E-state index contributed by atoms with van der Waals surface area (Å²) in [6.45, 7) is 6.20. The first-order valence-electron chi connectivity index (χ1n) is 10.3. The van der Waals surface area contributed by atoms with Crippen molar-refractivity contribution in [1.82, 2.24) is 0 Å². The summed E-state index contributed by atoms with van der Waals surface area (Å²) >= 11 is 0. The van der Waals surface area contributed by atoms with Crippen molar-refractivity contribution < 1.29 is 49.6 Å². The maximum Gasteiger partial charge on any atom is 0.485 e. The molecule has 1 aromatic heterocycles. The van der Waals surface area contributed by atoms with E-state index in [0.29, 0.717) is 27.5 Å². The Morgan fingerprint density at radius 1 is 1.06 bits per heavy atom. The number of phenolic OH excluding ortho intramolecular Hbond substituents is 1. The van der Waals surface area contributed by atoms with Crippen LogP contribution >= 0.6 is 0 Å². The molecule has 35 heavy (non-hydrogen) atoms. The lowest BCUT2D eigenvalue weighted by Gasteiger charge is -2.08. The monoisotopic (exact) mass is 521 g/mol. The number of alkyl halides is 3. The van der Waals surface area contributed by atoms with Gasteiger partial charge in [-0.2, -0.15) is 13.2 Å². The van der Waals surface area contributed by atoms with E-state index in [9.17, 15) is 27.1 Å². The highest BCUT2D eigenvalue weighted by Gasteiger charge is 2.36. The number of benzene rings is 2. The predicted octanol–water partition coefficient (Wildman–Crippen LogP) is 5.16. The molecule has 3 aromatic rings. The second kappa shape index (κ2) is 11.2. The number of aryl methyl sites for hydroxylation is 3. The Morgan fingerprint density at radius 3 is 2.09 bits per heavy atom. The normalized spacial score (nSPS) is 13.4. The maximum atomic E-state index is 13.6. The van der Waals surface area contributed by atoms with Crippen LogP contribution in [0.3, 0.4) is 0 Å². The number of ether oxygens (including phenoxy) is 1. The largest absolute Gasteiger partial charge is 0.741 e. The van der Waals surface area contributed by atoms with Crippen molar-refractivity contribution in [2.45, 2.75) is 39.1 Å². The van der Waals surface area contributed by atoms with Crippen LogP contribution in [-0.2, 0) is 10.1 Å². The van der Waals surface area contributed by atoms with Crippen LogP contribution in [0.2, 0.25) is 0 Å². The molecule has 0 amide bonds. The van der Waals surface area contributed by atoms with Gasteiger partial charge in [0.1, 0.15) is 5.75 Å². The van der Waals surface area contributed by atoms with Gasteiger partial charge in [-0.15, -0.1) is 0 Å². The van der Waals surface area contributed by atoms with E-state index in [1.54, 1.807) is 38.1 Å². The minimum atomic E-state index is -6.09. The van der Waals surface area contributed by atoms with Gasteiger partial charge < -0.3 is 14.4 Å².